The maximum atomic E-state index is 13.6. The van der Waals surface area contributed by atoms with E-state index >= 15 is 0 Å². The van der Waals surface area contributed by atoms with Crippen LogP contribution in [0.2, 0.25) is 0 Å². The van der Waals surface area contributed by atoms with Crippen molar-refractivity contribution in [2.45, 2.75) is 0 Å². The Labute approximate surface area is 123 Å². The van der Waals surface area contributed by atoms with Crippen LogP contribution in [0.15, 0.2) is 22.7 Å². The van der Waals surface area contributed by atoms with Gasteiger partial charge in [0.15, 0.2) is 11.6 Å². The molecule has 22 heavy (non-hydrogen) atoms. The minimum absolute atomic E-state index is 0.137. The molecule has 3 rings (SSSR count). The first-order valence-electron chi connectivity index (χ1n) is 6.58. The van der Waals surface area contributed by atoms with E-state index in [1.807, 2.05) is 4.90 Å². The molecule has 1 aliphatic rings. The summed E-state index contributed by atoms with van der Waals surface area (Å²) in [5, 5.41) is 12.5. The van der Waals surface area contributed by atoms with E-state index in [9.17, 15) is 13.6 Å². The number of carboxylic acids is 1. The number of hydrogen-bond acceptors (Lipinski definition) is 5. The van der Waals surface area contributed by atoms with Crippen LogP contribution in [-0.4, -0.2) is 42.5 Å². The number of rotatable bonds is 3. The van der Waals surface area contributed by atoms with Crippen molar-refractivity contribution < 1.29 is 27.9 Å². The standard InChI is InChI=1S/C14H12F2N2O4/c15-9-5-8(11-7-13(14(19)20)22-17-11)12(6-10(9)16)18-1-3-21-4-2-18/h5-7H,1-4H2,(H,19,20). The highest BCUT2D eigenvalue weighted by atomic mass is 19.2. The maximum Gasteiger partial charge on any atom is 0.374 e. The zero-order chi connectivity index (χ0) is 15.7. The van der Waals surface area contributed by atoms with E-state index in [1.165, 1.54) is 6.07 Å². The second kappa shape index (κ2) is 5.72. The van der Waals surface area contributed by atoms with E-state index in [1.54, 1.807) is 0 Å². The lowest BCUT2D eigenvalue weighted by Gasteiger charge is -2.30. The first kappa shape index (κ1) is 14.5. The molecule has 116 valence electrons. The van der Waals surface area contributed by atoms with Gasteiger partial charge in [0.05, 0.1) is 13.2 Å². The van der Waals surface area contributed by atoms with E-state index in [-0.39, 0.29) is 17.0 Å². The Morgan fingerprint density at radius 3 is 2.50 bits per heavy atom. The van der Waals surface area contributed by atoms with Crippen LogP contribution in [0.4, 0.5) is 14.5 Å². The molecule has 0 amide bonds. The first-order valence-corrected chi connectivity index (χ1v) is 6.58. The van der Waals surface area contributed by atoms with Gasteiger partial charge in [0.1, 0.15) is 5.69 Å². The number of morpholine rings is 1. The number of nitrogens with zero attached hydrogens (tertiary/aromatic N) is 2. The molecule has 6 nitrogen and oxygen atoms in total. The third kappa shape index (κ3) is 2.64. The minimum atomic E-state index is -1.28. The fourth-order valence-corrected chi connectivity index (χ4v) is 2.31. The number of hydrogen-bond donors (Lipinski definition) is 1. The molecular formula is C14H12F2N2O4. The molecule has 1 N–H and O–H groups in total. The van der Waals surface area contributed by atoms with Crippen LogP contribution in [0, 0.1) is 11.6 Å². The van der Waals surface area contributed by atoms with Gasteiger partial charge in [-0.15, -0.1) is 0 Å². The second-order valence-electron chi connectivity index (χ2n) is 4.76. The van der Waals surface area contributed by atoms with Crippen LogP contribution in [0.3, 0.4) is 0 Å². The van der Waals surface area contributed by atoms with Gasteiger partial charge in [0.25, 0.3) is 0 Å². The number of benzene rings is 1. The van der Waals surface area contributed by atoms with E-state index in [2.05, 4.69) is 9.68 Å². The highest BCUT2D eigenvalue weighted by Crippen LogP contribution is 2.33. The van der Waals surface area contributed by atoms with Gasteiger partial charge in [0.2, 0.25) is 5.76 Å². The van der Waals surface area contributed by atoms with Crippen molar-refractivity contribution >= 4 is 11.7 Å². The Bertz CT molecular complexity index is 711. The molecule has 0 atom stereocenters. The number of carboxylic acid groups (broad SMARTS) is 1. The molecule has 1 aromatic carbocycles. The second-order valence-corrected chi connectivity index (χ2v) is 4.76. The lowest BCUT2D eigenvalue weighted by Crippen LogP contribution is -2.36. The average Bonchev–Trinajstić information content (AvgIpc) is 3.00. The van der Waals surface area contributed by atoms with Crippen LogP contribution < -0.4 is 4.90 Å². The molecule has 0 radical (unpaired) electrons. The molecular weight excluding hydrogens is 298 g/mol. The molecule has 2 aromatic rings. The smallest absolute Gasteiger partial charge is 0.374 e. The Morgan fingerprint density at radius 1 is 1.18 bits per heavy atom. The predicted molar refractivity (Wildman–Crippen MR) is 71.8 cm³/mol. The Morgan fingerprint density at radius 2 is 1.86 bits per heavy atom. The van der Waals surface area contributed by atoms with Crippen LogP contribution in [0.5, 0.6) is 0 Å². The highest BCUT2D eigenvalue weighted by Gasteiger charge is 2.22. The van der Waals surface area contributed by atoms with E-state index in [0.29, 0.717) is 32.0 Å². The first-order chi connectivity index (χ1) is 10.6. The third-order valence-electron chi connectivity index (χ3n) is 3.39. The van der Waals surface area contributed by atoms with Gasteiger partial charge >= 0.3 is 5.97 Å². The molecule has 8 heteroatoms. The maximum absolute atomic E-state index is 13.6. The van der Waals surface area contributed by atoms with Crippen molar-refractivity contribution in [3.05, 3.63) is 35.6 Å². The largest absolute Gasteiger partial charge is 0.475 e. The fourth-order valence-electron chi connectivity index (χ4n) is 2.31. The summed E-state index contributed by atoms with van der Waals surface area (Å²) in [4.78, 5) is 12.7. The summed E-state index contributed by atoms with van der Waals surface area (Å²) in [5.74, 6) is -3.67. The summed E-state index contributed by atoms with van der Waals surface area (Å²) in [5.41, 5.74) is 0.835. The van der Waals surface area contributed by atoms with Crippen LogP contribution in [0.1, 0.15) is 10.6 Å². The fraction of sp³-hybridized carbons (Fsp3) is 0.286. The molecule has 1 saturated heterocycles. The number of ether oxygens (including phenoxy) is 1. The van der Waals surface area contributed by atoms with Crippen LogP contribution >= 0.6 is 0 Å². The van der Waals surface area contributed by atoms with Crippen molar-refractivity contribution in [3.8, 4) is 11.3 Å². The van der Waals surface area contributed by atoms with Crippen molar-refractivity contribution in [1.29, 1.82) is 0 Å². The summed E-state index contributed by atoms with van der Waals surface area (Å²) in [6.07, 6.45) is 0. The van der Waals surface area contributed by atoms with Crippen LogP contribution in [0.25, 0.3) is 11.3 Å². The Hall–Kier alpha value is -2.48. The van der Waals surface area contributed by atoms with Gasteiger partial charge in [-0.25, -0.2) is 13.6 Å². The molecule has 0 bridgehead atoms. The minimum Gasteiger partial charge on any atom is -0.475 e. The van der Waals surface area contributed by atoms with Gasteiger partial charge in [0, 0.05) is 36.5 Å². The van der Waals surface area contributed by atoms with Crippen LogP contribution in [-0.2, 0) is 4.74 Å². The average molecular weight is 310 g/mol. The molecule has 1 aliphatic heterocycles. The Balaban J connectivity index is 2.07. The number of aromatic nitrogens is 1. The van der Waals surface area contributed by atoms with Crippen molar-refractivity contribution in [2.75, 3.05) is 31.2 Å². The molecule has 0 aliphatic carbocycles. The van der Waals surface area contributed by atoms with Gasteiger partial charge in [-0.2, -0.15) is 0 Å². The molecule has 0 spiro atoms. The molecule has 2 heterocycles. The molecule has 0 saturated carbocycles. The topological polar surface area (TPSA) is 75.8 Å². The SMILES string of the molecule is O=C(O)c1cc(-c2cc(F)c(F)cc2N2CCOCC2)no1. The van der Waals surface area contributed by atoms with E-state index in [0.717, 1.165) is 12.1 Å². The lowest BCUT2D eigenvalue weighted by molar-refractivity contribution is 0.0652. The van der Waals surface area contributed by atoms with Crippen molar-refractivity contribution in [3.63, 3.8) is 0 Å². The zero-order valence-corrected chi connectivity index (χ0v) is 11.4. The summed E-state index contributed by atoms with van der Waals surface area (Å²) < 4.78 is 37.1. The molecule has 0 unspecified atom stereocenters. The number of carbonyl (C=O) groups is 1. The van der Waals surface area contributed by atoms with E-state index < -0.39 is 17.6 Å². The van der Waals surface area contributed by atoms with E-state index in [4.69, 9.17) is 9.84 Å². The Kier molecular flexibility index (Phi) is 3.76. The third-order valence-corrected chi connectivity index (χ3v) is 3.39. The normalized spacial score (nSPS) is 15.1. The number of aromatic carboxylic acids is 1. The molecule has 1 fully saturated rings. The zero-order valence-electron chi connectivity index (χ0n) is 11.4. The summed E-state index contributed by atoms with van der Waals surface area (Å²) >= 11 is 0. The van der Waals surface area contributed by atoms with Crippen molar-refractivity contribution in [1.82, 2.24) is 5.16 Å². The lowest BCUT2D eigenvalue weighted by atomic mass is 10.1. The summed E-state index contributed by atoms with van der Waals surface area (Å²) in [6, 6.07) is 3.24. The predicted octanol–water partition coefficient (Wildman–Crippen LogP) is 2.15. The van der Waals surface area contributed by atoms with Gasteiger partial charge in [-0.3, -0.25) is 0 Å². The van der Waals surface area contributed by atoms with Gasteiger partial charge in [-0.05, 0) is 6.07 Å². The van der Waals surface area contributed by atoms with Crippen molar-refractivity contribution in [2.24, 2.45) is 0 Å². The summed E-state index contributed by atoms with van der Waals surface area (Å²) in [6.45, 7) is 1.97. The summed E-state index contributed by atoms with van der Waals surface area (Å²) in [7, 11) is 0. The number of halogens is 2. The quantitative estimate of drug-likeness (QED) is 0.936. The highest BCUT2D eigenvalue weighted by molar-refractivity contribution is 5.87. The molecule has 1 aromatic heterocycles. The van der Waals surface area contributed by atoms with Gasteiger partial charge in [-0.1, -0.05) is 5.16 Å². The monoisotopic (exact) mass is 310 g/mol. The van der Waals surface area contributed by atoms with Gasteiger partial charge < -0.3 is 19.3 Å². The number of anilines is 1.